The Balaban J connectivity index is 1.64. The molecule has 7 nitrogen and oxygen atoms in total. The number of nitrogens with zero attached hydrogens (tertiary/aromatic N) is 4. The first-order valence-electron chi connectivity index (χ1n) is 16.5. The lowest BCUT2D eigenvalue weighted by Gasteiger charge is -2.29. The van der Waals surface area contributed by atoms with Crippen molar-refractivity contribution < 1.29 is 27.4 Å². The largest absolute Gasteiger partial charge is 0.497 e. The molecule has 264 valence electrons. The highest BCUT2D eigenvalue weighted by molar-refractivity contribution is 7.13. The standard InChI is InChI=1S/C40H39F3N4O3S/c1-6-8-22-47(23-9-7-2)31-12-10-28(29(24-31)27-49-33-15-13-32(48-5)14-16-33)11-17-34-18-19-35(51-34)20-21-36-37(46-4)38(30(25-44)26-45)50-39(36,3)40(41,42)43/h10-21,24H,6-9,22-23,27H2,1-3,5H3/b17-11+,21-20+. The first-order chi connectivity index (χ1) is 24.5. The summed E-state index contributed by atoms with van der Waals surface area (Å²) in [6, 6.07) is 20.5. The minimum absolute atomic E-state index is 0.335. The number of unbranched alkanes of at least 4 members (excludes halogenated alkanes) is 2. The molecule has 51 heavy (non-hydrogen) atoms. The Bertz CT molecular complexity index is 1910. The van der Waals surface area contributed by atoms with Gasteiger partial charge < -0.3 is 19.1 Å². The van der Waals surface area contributed by atoms with Crippen LogP contribution >= 0.6 is 11.3 Å². The lowest BCUT2D eigenvalue weighted by molar-refractivity contribution is -0.236. The Kier molecular flexibility index (Phi) is 13.1. The van der Waals surface area contributed by atoms with E-state index < -0.39 is 34.4 Å². The molecule has 3 aromatic rings. The van der Waals surface area contributed by atoms with E-state index in [-0.39, 0.29) is 0 Å². The van der Waals surface area contributed by atoms with Gasteiger partial charge in [0.15, 0.2) is 11.3 Å². The molecule has 1 aliphatic heterocycles. The molecule has 0 amide bonds. The molecule has 0 spiro atoms. The van der Waals surface area contributed by atoms with Gasteiger partial charge in [-0.25, -0.2) is 4.85 Å². The second-order valence-electron chi connectivity index (χ2n) is 11.9. The van der Waals surface area contributed by atoms with Crippen LogP contribution in [0, 0.1) is 29.2 Å². The van der Waals surface area contributed by atoms with Crippen molar-refractivity contribution in [3.8, 4) is 23.6 Å². The van der Waals surface area contributed by atoms with Crippen LogP contribution in [0.25, 0.3) is 23.1 Å². The van der Waals surface area contributed by atoms with Crippen LogP contribution in [0.4, 0.5) is 18.9 Å². The number of ether oxygens (including phenoxy) is 3. The Morgan fingerprint density at radius 2 is 1.55 bits per heavy atom. The van der Waals surface area contributed by atoms with E-state index in [1.807, 2.05) is 42.5 Å². The van der Waals surface area contributed by atoms with Crippen LogP contribution in [0.1, 0.15) is 67.3 Å². The Morgan fingerprint density at radius 3 is 2.10 bits per heavy atom. The van der Waals surface area contributed by atoms with Crippen LogP contribution in [0.15, 0.2) is 83.3 Å². The van der Waals surface area contributed by atoms with Gasteiger partial charge in [0.25, 0.3) is 0 Å². The van der Waals surface area contributed by atoms with E-state index in [4.69, 9.17) is 20.8 Å². The molecule has 0 saturated carbocycles. The number of nitriles is 2. The molecule has 1 atom stereocenters. The quantitative estimate of drug-likeness (QED) is 0.115. The van der Waals surface area contributed by atoms with Crippen LogP contribution in [-0.4, -0.2) is 32.0 Å². The van der Waals surface area contributed by atoms with Crippen LogP contribution in [0.5, 0.6) is 11.5 Å². The maximum atomic E-state index is 14.2. The second kappa shape index (κ2) is 17.5. The number of hydrogen-bond donors (Lipinski definition) is 0. The lowest BCUT2D eigenvalue weighted by atomic mass is 9.94. The minimum Gasteiger partial charge on any atom is -0.497 e. The molecule has 0 aliphatic carbocycles. The second-order valence-corrected chi connectivity index (χ2v) is 13.0. The number of benzene rings is 2. The van der Waals surface area contributed by atoms with Gasteiger partial charge in [0.05, 0.1) is 13.7 Å². The number of methoxy groups -OCH3 is 1. The van der Waals surface area contributed by atoms with Crippen molar-refractivity contribution in [1.82, 2.24) is 0 Å². The molecule has 0 fully saturated rings. The highest BCUT2D eigenvalue weighted by atomic mass is 32.1. The van der Waals surface area contributed by atoms with Crippen molar-refractivity contribution in [2.45, 2.75) is 64.8 Å². The molecular formula is C40H39F3N4O3S. The van der Waals surface area contributed by atoms with Gasteiger partial charge in [0, 0.05) is 34.1 Å². The average molecular weight is 713 g/mol. The fourth-order valence-corrected chi connectivity index (χ4v) is 6.19. The number of halogens is 3. The van der Waals surface area contributed by atoms with Gasteiger partial charge in [0.1, 0.15) is 30.2 Å². The zero-order chi connectivity index (χ0) is 37.0. The molecule has 11 heteroatoms. The summed E-state index contributed by atoms with van der Waals surface area (Å²) in [5.41, 5.74) is -1.49. The monoisotopic (exact) mass is 712 g/mol. The van der Waals surface area contributed by atoms with Crippen molar-refractivity contribution >= 4 is 35.3 Å². The normalized spacial score (nSPS) is 15.8. The average Bonchev–Trinajstić information content (AvgIpc) is 3.71. The van der Waals surface area contributed by atoms with Gasteiger partial charge in [-0.1, -0.05) is 44.9 Å². The van der Waals surface area contributed by atoms with Crippen LogP contribution in [-0.2, 0) is 11.3 Å². The zero-order valence-electron chi connectivity index (χ0n) is 29.0. The van der Waals surface area contributed by atoms with E-state index in [1.54, 1.807) is 13.2 Å². The van der Waals surface area contributed by atoms with E-state index in [0.29, 0.717) is 17.2 Å². The summed E-state index contributed by atoms with van der Waals surface area (Å²) in [5, 5.41) is 18.5. The number of allylic oxidation sites excluding steroid dienone is 1. The Labute approximate surface area is 301 Å². The minimum atomic E-state index is -4.92. The van der Waals surface area contributed by atoms with Crippen molar-refractivity contribution in [3.05, 3.63) is 116 Å². The highest BCUT2D eigenvalue weighted by Crippen LogP contribution is 2.50. The molecule has 1 unspecified atom stereocenters. The zero-order valence-corrected chi connectivity index (χ0v) is 29.8. The number of thiophene rings is 1. The number of anilines is 1. The smallest absolute Gasteiger partial charge is 0.430 e. The third kappa shape index (κ3) is 9.22. The molecule has 2 aromatic carbocycles. The molecule has 4 rings (SSSR count). The first-order valence-corrected chi connectivity index (χ1v) is 17.4. The fraction of sp³-hybridized carbons (Fsp3) is 0.325. The summed E-state index contributed by atoms with van der Waals surface area (Å²) in [5.74, 6) is 0.786. The van der Waals surface area contributed by atoms with Gasteiger partial charge in [-0.2, -0.15) is 23.7 Å². The van der Waals surface area contributed by atoms with Crippen LogP contribution in [0.2, 0.25) is 0 Å². The summed E-state index contributed by atoms with van der Waals surface area (Å²) in [6.45, 7) is 15.0. The summed E-state index contributed by atoms with van der Waals surface area (Å²) >= 11 is 1.35. The van der Waals surface area contributed by atoms with Crippen LogP contribution in [0.3, 0.4) is 0 Å². The van der Waals surface area contributed by atoms with Crippen molar-refractivity contribution in [1.29, 1.82) is 10.5 Å². The maximum absolute atomic E-state index is 14.2. The van der Waals surface area contributed by atoms with Crippen LogP contribution < -0.4 is 14.4 Å². The predicted molar refractivity (Wildman–Crippen MR) is 196 cm³/mol. The third-order valence-corrected chi connectivity index (χ3v) is 9.41. The number of hydrogen-bond acceptors (Lipinski definition) is 7. The van der Waals surface area contributed by atoms with Crippen molar-refractivity contribution in [3.63, 3.8) is 0 Å². The van der Waals surface area contributed by atoms with E-state index in [1.165, 1.54) is 35.6 Å². The molecule has 0 bridgehead atoms. The van der Waals surface area contributed by atoms with Gasteiger partial charge in [-0.3, -0.25) is 0 Å². The predicted octanol–water partition coefficient (Wildman–Crippen LogP) is 10.8. The molecule has 0 N–H and O–H groups in total. The number of alkyl halides is 3. The van der Waals surface area contributed by atoms with Gasteiger partial charge in [-0.15, -0.1) is 11.3 Å². The third-order valence-electron chi connectivity index (χ3n) is 8.39. The highest BCUT2D eigenvalue weighted by Gasteiger charge is 2.60. The summed E-state index contributed by atoms with van der Waals surface area (Å²) in [4.78, 5) is 7.13. The van der Waals surface area contributed by atoms with Crippen molar-refractivity contribution in [2.24, 2.45) is 0 Å². The topological polar surface area (TPSA) is 82.9 Å². The maximum Gasteiger partial charge on any atom is 0.430 e. The van der Waals surface area contributed by atoms with E-state index in [0.717, 1.165) is 73.1 Å². The molecule has 0 saturated heterocycles. The molecule has 0 radical (unpaired) electrons. The SMILES string of the molecule is [C-]#[N+]C1=C(/C=C/c2ccc(/C=C/c3ccc(N(CCCC)CCCC)cc3COc3ccc(OC)cc3)s2)C(C)(C(F)(F)F)OC1=C(C#N)C#N. The molecule has 2 heterocycles. The van der Waals surface area contributed by atoms with Crippen molar-refractivity contribution in [2.75, 3.05) is 25.1 Å². The molecule has 1 aromatic heterocycles. The molecule has 1 aliphatic rings. The summed E-state index contributed by atoms with van der Waals surface area (Å²) in [7, 11) is 1.61. The summed E-state index contributed by atoms with van der Waals surface area (Å²) < 4.78 is 59.3. The number of rotatable bonds is 15. The van der Waals surface area contributed by atoms with Gasteiger partial charge in [-0.05, 0) is 91.6 Å². The van der Waals surface area contributed by atoms with E-state index in [2.05, 4.69) is 41.8 Å². The Hall–Kier alpha value is -5.44. The van der Waals surface area contributed by atoms with E-state index in [9.17, 15) is 23.7 Å². The van der Waals surface area contributed by atoms with Gasteiger partial charge >= 0.3 is 6.18 Å². The molecular weight excluding hydrogens is 674 g/mol. The first kappa shape index (κ1) is 38.4. The fourth-order valence-electron chi connectivity index (χ4n) is 5.37. The van der Waals surface area contributed by atoms with Gasteiger partial charge in [0.2, 0.25) is 11.3 Å². The Morgan fingerprint density at radius 1 is 0.941 bits per heavy atom. The van der Waals surface area contributed by atoms with E-state index >= 15 is 0 Å². The lowest BCUT2D eigenvalue weighted by Crippen LogP contribution is -2.43. The summed E-state index contributed by atoms with van der Waals surface area (Å²) in [6.07, 6.45) is 6.05.